The van der Waals surface area contributed by atoms with Gasteiger partial charge in [-0.05, 0) is 44.8 Å². The number of nitrogens with zero attached hydrogens (tertiary/aromatic N) is 1. The first-order valence-corrected chi connectivity index (χ1v) is 6.98. The van der Waals surface area contributed by atoms with Crippen LogP contribution in [0.3, 0.4) is 0 Å². The molecule has 20 heavy (non-hydrogen) atoms. The number of likely N-dealkylation sites (N-methyl/N-ethyl adjacent to an activating group) is 1. The lowest BCUT2D eigenvalue weighted by Gasteiger charge is -2.22. The third-order valence-corrected chi connectivity index (χ3v) is 3.00. The van der Waals surface area contributed by atoms with Gasteiger partial charge in [0.25, 0.3) is 0 Å². The Balaban J connectivity index is 2.60. The van der Waals surface area contributed by atoms with Gasteiger partial charge < -0.3 is 15.8 Å². The lowest BCUT2D eigenvalue weighted by molar-refractivity contribution is -0.120. The second-order valence-electron chi connectivity index (χ2n) is 4.92. The third-order valence-electron chi connectivity index (χ3n) is 3.00. The van der Waals surface area contributed by atoms with Crippen molar-refractivity contribution in [3.63, 3.8) is 0 Å². The van der Waals surface area contributed by atoms with Gasteiger partial charge in [0.2, 0.25) is 5.91 Å². The predicted molar refractivity (Wildman–Crippen MR) is 82.0 cm³/mol. The van der Waals surface area contributed by atoms with Crippen LogP contribution < -0.4 is 15.8 Å². The van der Waals surface area contributed by atoms with Gasteiger partial charge in [0.05, 0.1) is 6.04 Å². The summed E-state index contributed by atoms with van der Waals surface area (Å²) in [5.74, 6) is 0.777. The van der Waals surface area contributed by atoms with Crippen molar-refractivity contribution in [3.05, 3.63) is 24.3 Å². The van der Waals surface area contributed by atoms with Crippen LogP contribution in [-0.4, -0.2) is 44.1 Å². The minimum Gasteiger partial charge on any atom is -0.492 e. The second-order valence-corrected chi connectivity index (χ2v) is 4.92. The van der Waals surface area contributed by atoms with Crippen LogP contribution in [0, 0.1) is 0 Å². The molecular formula is C15H25N3O2. The summed E-state index contributed by atoms with van der Waals surface area (Å²) in [6.45, 7) is 3.05. The maximum absolute atomic E-state index is 12.2. The van der Waals surface area contributed by atoms with Gasteiger partial charge in [-0.3, -0.25) is 9.69 Å². The molecule has 1 aromatic rings. The van der Waals surface area contributed by atoms with E-state index in [1.54, 1.807) is 0 Å². The van der Waals surface area contributed by atoms with Crippen LogP contribution in [-0.2, 0) is 4.79 Å². The largest absolute Gasteiger partial charge is 0.492 e. The van der Waals surface area contributed by atoms with Crippen molar-refractivity contribution in [2.24, 2.45) is 5.73 Å². The zero-order valence-corrected chi connectivity index (χ0v) is 12.6. The van der Waals surface area contributed by atoms with Crippen LogP contribution >= 0.6 is 0 Å². The quantitative estimate of drug-likeness (QED) is 0.760. The van der Waals surface area contributed by atoms with Gasteiger partial charge in [-0.2, -0.15) is 0 Å². The highest BCUT2D eigenvalue weighted by atomic mass is 16.5. The molecule has 0 spiro atoms. The highest BCUT2D eigenvalue weighted by Gasteiger charge is 2.19. The number of rotatable bonds is 8. The average Bonchev–Trinajstić information content (AvgIpc) is 2.43. The van der Waals surface area contributed by atoms with Crippen molar-refractivity contribution in [1.29, 1.82) is 0 Å². The molecule has 3 N–H and O–H groups in total. The molecule has 0 aromatic heterocycles. The Morgan fingerprint density at radius 2 is 2.00 bits per heavy atom. The van der Waals surface area contributed by atoms with E-state index in [1.165, 1.54) is 0 Å². The molecule has 0 saturated carbocycles. The monoisotopic (exact) mass is 279 g/mol. The fourth-order valence-electron chi connectivity index (χ4n) is 1.93. The van der Waals surface area contributed by atoms with E-state index in [0.717, 1.165) is 24.3 Å². The molecule has 1 aromatic carbocycles. The number of amides is 1. The number of anilines is 1. The molecule has 0 heterocycles. The zero-order valence-electron chi connectivity index (χ0n) is 12.6. The highest BCUT2D eigenvalue weighted by Crippen LogP contribution is 2.16. The van der Waals surface area contributed by atoms with Crippen LogP contribution in [0.15, 0.2) is 24.3 Å². The molecule has 0 saturated heterocycles. The van der Waals surface area contributed by atoms with Crippen molar-refractivity contribution in [3.8, 4) is 5.75 Å². The molecule has 112 valence electrons. The van der Waals surface area contributed by atoms with Crippen molar-refractivity contribution < 1.29 is 9.53 Å². The first-order chi connectivity index (χ1) is 9.58. The molecule has 0 radical (unpaired) electrons. The van der Waals surface area contributed by atoms with Crippen LogP contribution in [0.5, 0.6) is 5.75 Å². The average molecular weight is 279 g/mol. The SMILES string of the molecule is CCCC(C(=O)Nc1ccc(OCCN)cc1)N(C)C. The molecular weight excluding hydrogens is 254 g/mol. The van der Waals surface area contributed by atoms with Crippen molar-refractivity contribution >= 4 is 11.6 Å². The lowest BCUT2D eigenvalue weighted by Crippen LogP contribution is -2.39. The first-order valence-electron chi connectivity index (χ1n) is 6.98. The highest BCUT2D eigenvalue weighted by molar-refractivity contribution is 5.94. The Bertz CT molecular complexity index is 404. The van der Waals surface area contributed by atoms with E-state index < -0.39 is 0 Å². The molecule has 1 atom stereocenters. The first kappa shape index (κ1) is 16.5. The van der Waals surface area contributed by atoms with Gasteiger partial charge in [-0.15, -0.1) is 0 Å². The van der Waals surface area contributed by atoms with Gasteiger partial charge in [0.1, 0.15) is 12.4 Å². The van der Waals surface area contributed by atoms with Gasteiger partial charge in [0.15, 0.2) is 0 Å². The fraction of sp³-hybridized carbons (Fsp3) is 0.533. The van der Waals surface area contributed by atoms with Gasteiger partial charge in [-0.25, -0.2) is 0 Å². The van der Waals surface area contributed by atoms with E-state index in [2.05, 4.69) is 12.2 Å². The molecule has 0 aliphatic rings. The van der Waals surface area contributed by atoms with Crippen molar-refractivity contribution in [2.75, 3.05) is 32.6 Å². The van der Waals surface area contributed by atoms with E-state index in [0.29, 0.717) is 13.2 Å². The van der Waals surface area contributed by atoms with E-state index in [1.807, 2.05) is 43.3 Å². The molecule has 0 bridgehead atoms. The van der Waals surface area contributed by atoms with Gasteiger partial charge >= 0.3 is 0 Å². The number of carbonyl (C=O) groups excluding carboxylic acids is 1. The Labute approximate surface area is 121 Å². The molecule has 5 heteroatoms. The fourth-order valence-corrected chi connectivity index (χ4v) is 1.93. The maximum atomic E-state index is 12.2. The minimum absolute atomic E-state index is 0.0208. The molecule has 1 amide bonds. The summed E-state index contributed by atoms with van der Waals surface area (Å²) in [7, 11) is 3.84. The minimum atomic E-state index is -0.104. The normalized spacial score (nSPS) is 12.2. The summed E-state index contributed by atoms with van der Waals surface area (Å²) in [6, 6.07) is 7.23. The summed E-state index contributed by atoms with van der Waals surface area (Å²) in [5, 5.41) is 2.93. The Morgan fingerprint density at radius 1 is 1.35 bits per heavy atom. The molecule has 0 fully saturated rings. The smallest absolute Gasteiger partial charge is 0.241 e. The summed E-state index contributed by atoms with van der Waals surface area (Å²) >= 11 is 0. The van der Waals surface area contributed by atoms with Crippen LogP contribution in [0.1, 0.15) is 19.8 Å². The standard InChI is InChI=1S/C15H25N3O2/c1-4-5-14(18(2)3)15(19)17-12-6-8-13(9-7-12)20-11-10-16/h6-9,14H,4-5,10-11,16H2,1-3H3,(H,17,19). The van der Waals surface area contributed by atoms with Crippen molar-refractivity contribution in [2.45, 2.75) is 25.8 Å². The summed E-state index contributed by atoms with van der Waals surface area (Å²) < 4.78 is 5.39. The Kier molecular flexibility index (Phi) is 7.04. The van der Waals surface area contributed by atoms with Crippen LogP contribution in [0.2, 0.25) is 0 Å². The number of hydrogen-bond acceptors (Lipinski definition) is 4. The molecule has 1 unspecified atom stereocenters. The number of carbonyl (C=O) groups is 1. The van der Waals surface area contributed by atoms with Crippen LogP contribution in [0.4, 0.5) is 5.69 Å². The van der Waals surface area contributed by atoms with E-state index in [4.69, 9.17) is 10.5 Å². The number of hydrogen-bond donors (Lipinski definition) is 2. The summed E-state index contributed by atoms with van der Waals surface area (Å²) in [4.78, 5) is 14.1. The number of ether oxygens (including phenoxy) is 1. The zero-order chi connectivity index (χ0) is 15.0. The molecule has 0 aliphatic carbocycles. The van der Waals surface area contributed by atoms with Gasteiger partial charge in [0, 0.05) is 12.2 Å². The molecule has 1 rings (SSSR count). The number of nitrogens with one attached hydrogen (secondary N) is 1. The topological polar surface area (TPSA) is 67.6 Å². The maximum Gasteiger partial charge on any atom is 0.241 e. The Morgan fingerprint density at radius 3 is 2.50 bits per heavy atom. The van der Waals surface area contributed by atoms with Gasteiger partial charge in [-0.1, -0.05) is 13.3 Å². The van der Waals surface area contributed by atoms with E-state index in [-0.39, 0.29) is 11.9 Å². The molecule has 0 aliphatic heterocycles. The van der Waals surface area contributed by atoms with E-state index >= 15 is 0 Å². The summed E-state index contributed by atoms with van der Waals surface area (Å²) in [5.41, 5.74) is 6.15. The predicted octanol–water partition coefficient (Wildman–Crippen LogP) is 1.69. The summed E-state index contributed by atoms with van der Waals surface area (Å²) in [6.07, 6.45) is 1.82. The van der Waals surface area contributed by atoms with E-state index in [9.17, 15) is 4.79 Å². The number of benzene rings is 1. The van der Waals surface area contributed by atoms with Crippen LogP contribution in [0.25, 0.3) is 0 Å². The number of nitrogens with two attached hydrogens (primary N) is 1. The van der Waals surface area contributed by atoms with Crippen molar-refractivity contribution in [1.82, 2.24) is 4.90 Å². The second kappa shape index (κ2) is 8.55. The lowest BCUT2D eigenvalue weighted by atomic mass is 10.1. The third kappa shape index (κ3) is 5.19. The Hall–Kier alpha value is -1.59. The molecule has 5 nitrogen and oxygen atoms in total.